The number of hydrogen-bond donors (Lipinski definition) is 1. The monoisotopic (exact) mass is 359 g/mol. The van der Waals surface area contributed by atoms with Crippen LogP contribution in [0.2, 0.25) is 10.0 Å². The molecule has 2 aromatic carbocycles. The minimum absolute atomic E-state index is 0.124. The van der Waals surface area contributed by atoms with Crippen molar-refractivity contribution in [3.05, 3.63) is 56.5 Å². The number of ether oxygens (including phenoxy) is 1. The molecule has 0 aromatic heterocycles. The first-order chi connectivity index (χ1) is 8.99. The molecule has 0 saturated carbocycles. The van der Waals surface area contributed by atoms with E-state index >= 15 is 0 Å². The van der Waals surface area contributed by atoms with E-state index in [1.807, 2.05) is 31.2 Å². The zero-order valence-corrected chi connectivity index (χ0v) is 13.3. The van der Waals surface area contributed by atoms with Gasteiger partial charge in [-0.15, -0.1) is 0 Å². The molecule has 2 N–H and O–H groups in total. The van der Waals surface area contributed by atoms with Gasteiger partial charge in [-0.25, -0.2) is 0 Å². The highest BCUT2D eigenvalue weighted by atomic mass is 79.9. The predicted molar refractivity (Wildman–Crippen MR) is 83.3 cm³/mol. The van der Waals surface area contributed by atoms with E-state index in [-0.39, 0.29) is 6.04 Å². The molecule has 0 aliphatic carbocycles. The largest absolute Gasteiger partial charge is 0.455 e. The number of hydrogen-bond acceptors (Lipinski definition) is 2. The van der Waals surface area contributed by atoms with E-state index in [1.54, 1.807) is 12.1 Å². The Kier molecular flexibility index (Phi) is 4.74. The second-order valence-corrected chi connectivity index (χ2v) is 5.79. The van der Waals surface area contributed by atoms with Gasteiger partial charge in [-0.3, -0.25) is 0 Å². The summed E-state index contributed by atoms with van der Waals surface area (Å²) >= 11 is 15.5. The third-order valence-electron chi connectivity index (χ3n) is 2.60. The molecule has 0 aliphatic rings. The normalized spacial score (nSPS) is 12.3. The molecule has 2 nitrogen and oxygen atoms in total. The van der Waals surface area contributed by atoms with Crippen LogP contribution >= 0.6 is 39.1 Å². The Morgan fingerprint density at radius 1 is 1.11 bits per heavy atom. The summed E-state index contributed by atoms with van der Waals surface area (Å²) in [5.74, 6) is 1.18. The second kappa shape index (κ2) is 6.14. The molecular weight excluding hydrogens is 349 g/mol. The van der Waals surface area contributed by atoms with Crippen LogP contribution in [0.1, 0.15) is 18.5 Å². The maximum absolute atomic E-state index is 6.14. The Morgan fingerprint density at radius 2 is 1.79 bits per heavy atom. The summed E-state index contributed by atoms with van der Waals surface area (Å²) in [6, 6.07) is 10.8. The lowest BCUT2D eigenvalue weighted by Gasteiger charge is -2.14. The third-order valence-corrected chi connectivity index (χ3v) is 4.10. The number of benzene rings is 2. The first-order valence-electron chi connectivity index (χ1n) is 5.66. The highest BCUT2D eigenvalue weighted by Crippen LogP contribution is 2.38. The lowest BCUT2D eigenvalue weighted by Crippen LogP contribution is -2.06. The lowest BCUT2D eigenvalue weighted by atomic mass is 10.1. The fourth-order valence-corrected chi connectivity index (χ4v) is 2.48. The maximum Gasteiger partial charge on any atom is 0.147 e. The Balaban J connectivity index is 2.39. The molecule has 0 heterocycles. The van der Waals surface area contributed by atoms with Gasteiger partial charge in [-0.2, -0.15) is 0 Å². The summed E-state index contributed by atoms with van der Waals surface area (Å²) in [7, 11) is 0. The minimum Gasteiger partial charge on any atom is -0.455 e. The van der Waals surface area contributed by atoms with Crippen LogP contribution in [0.5, 0.6) is 11.5 Å². The van der Waals surface area contributed by atoms with Crippen LogP contribution in [0.25, 0.3) is 0 Å². The van der Waals surface area contributed by atoms with E-state index in [9.17, 15) is 0 Å². The van der Waals surface area contributed by atoms with Crippen LogP contribution in [-0.4, -0.2) is 0 Å². The van der Waals surface area contributed by atoms with Gasteiger partial charge in [0.25, 0.3) is 0 Å². The standard InChI is InChI=1S/C14H12BrCl2NO/c1-8(18)9-4-2-3-5-13(9)19-14-7-11(16)10(15)6-12(14)17/h2-8H,18H2,1H3/t8-/m1/s1. The van der Waals surface area contributed by atoms with Crippen molar-refractivity contribution in [1.29, 1.82) is 0 Å². The summed E-state index contributed by atoms with van der Waals surface area (Å²) < 4.78 is 6.55. The van der Waals surface area contributed by atoms with Gasteiger partial charge < -0.3 is 10.5 Å². The average Bonchev–Trinajstić information content (AvgIpc) is 2.36. The van der Waals surface area contributed by atoms with Crippen molar-refractivity contribution >= 4 is 39.1 Å². The number of nitrogens with two attached hydrogens (primary N) is 1. The molecule has 0 amide bonds. The molecule has 5 heteroatoms. The molecule has 2 rings (SSSR count). The SMILES string of the molecule is C[C@@H](N)c1ccccc1Oc1cc(Cl)c(Br)cc1Cl. The zero-order chi connectivity index (χ0) is 14.0. The first-order valence-corrected chi connectivity index (χ1v) is 7.21. The topological polar surface area (TPSA) is 35.2 Å². The Labute approximate surface area is 130 Å². The van der Waals surface area contributed by atoms with Gasteiger partial charge in [-0.05, 0) is 35.0 Å². The molecular formula is C14H12BrCl2NO. The molecule has 0 unspecified atom stereocenters. The van der Waals surface area contributed by atoms with Crippen molar-refractivity contribution in [2.75, 3.05) is 0 Å². The van der Waals surface area contributed by atoms with Gasteiger partial charge in [0.2, 0.25) is 0 Å². The molecule has 0 bridgehead atoms. The zero-order valence-electron chi connectivity index (χ0n) is 10.2. The van der Waals surface area contributed by atoms with Crippen molar-refractivity contribution < 1.29 is 4.74 Å². The number of para-hydroxylation sites is 1. The molecule has 19 heavy (non-hydrogen) atoms. The van der Waals surface area contributed by atoms with Crippen LogP contribution in [0.15, 0.2) is 40.9 Å². The van der Waals surface area contributed by atoms with E-state index in [0.29, 0.717) is 21.5 Å². The minimum atomic E-state index is -0.124. The average molecular weight is 361 g/mol. The second-order valence-electron chi connectivity index (χ2n) is 4.13. The van der Waals surface area contributed by atoms with Crippen molar-refractivity contribution in [2.24, 2.45) is 5.73 Å². The Hall–Kier alpha value is -0.740. The molecule has 0 fully saturated rings. The summed E-state index contributed by atoms with van der Waals surface area (Å²) in [5.41, 5.74) is 6.83. The highest BCUT2D eigenvalue weighted by Gasteiger charge is 2.12. The molecule has 0 spiro atoms. The summed E-state index contributed by atoms with van der Waals surface area (Å²) in [5, 5.41) is 1.02. The van der Waals surface area contributed by atoms with Crippen LogP contribution in [-0.2, 0) is 0 Å². The van der Waals surface area contributed by atoms with Crippen LogP contribution in [0.3, 0.4) is 0 Å². The van der Waals surface area contributed by atoms with E-state index < -0.39 is 0 Å². The van der Waals surface area contributed by atoms with Gasteiger partial charge in [0.1, 0.15) is 11.5 Å². The Bertz CT molecular complexity index is 602. The van der Waals surface area contributed by atoms with Crippen molar-refractivity contribution in [2.45, 2.75) is 13.0 Å². The quantitative estimate of drug-likeness (QED) is 0.726. The smallest absolute Gasteiger partial charge is 0.147 e. The summed E-state index contributed by atoms with van der Waals surface area (Å²) in [6.07, 6.45) is 0. The molecule has 2 aromatic rings. The molecule has 0 saturated heterocycles. The molecule has 0 radical (unpaired) electrons. The molecule has 0 aliphatic heterocycles. The fraction of sp³-hybridized carbons (Fsp3) is 0.143. The number of rotatable bonds is 3. The van der Waals surface area contributed by atoms with Crippen molar-refractivity contribution in [3.8, 4) is 11.5 Å². The lowest BCUT2D eigenvalue weighted by molar-refractivity contribution is 0.472. The van der Waals surface area contributed by atoms with Gasteiger partial charge in [-0.1, -0.05) is 41.4 Å². The van der Waals surface area contributed by atoms with Gasteiger partial charge >= 0.3 is 0 Å². The Morgan fingerprint density at radius 3 is 2.47 bits per heavy atom. The van der Waals surface area contributed by atoms with Crippen molar-refractivity contribution in [3.63, 3.8) is 0 Å². The fourth-order valence-electron chi connectivity index (χ4n) is 1.65. The van der Waals surface area contributed by atoms with Crippen LogP contribution in [0, 0.1) is 0 Å². The molecule has 1 atom stereocenters. The van der Waals surface area contributed by atoms with Gasteiger partial charge in [0.05, 0.1) is 10.0 Å². The molecule has 100 valence electrons. The van der Waals surface area contributed by atoms with Crippen molar-refractivity contribution in [1.82, 2.24) is 0 Å². The first kappa shape index (κ1) is 14.7. The van der Waals surface area contributed by atoms with Gasteiger partial charge in [0, 0.05) is 22.1 Å². The van der Waals surface area contributed by atoms with E-state index in [0.717, 1.165) is 10.0 Å². The van der Waals surface area contributed by atoms with E-state index in [2.05, 4.69) is 15.9 Å². The van der Waals surface area contributed by atoms with Gasteiger partial charge in [0.15, 0.2) is 0 Å². The summed E-state index contributed by atoms with van der Waals surface area (Å²) in [4.78, 5) is 0. The predicted octanol–water partition coefficient (Wildman–Crippen LogP) is 5.57. The highest BCUT2D eigenvalue weighted by molar-refractivity contribution is 9.10. The van der Waals surface area contributed by atoms with E-state index in [4.69, 9.17) is 33.7 Å². The maximum atomic E-state index is 6.14. The van der Waals surface area contributed by atoms with E-state index in [1.165, 1.54) is 0 Å². The number of halogens is 3. The van der Waals surface area contributed by atoms with Crippen LogP contribution in [0.4, 0.5) is 0 Å². The summed E-state index contributed by atoms with van der Waals surface area (Å²) in [6.45, 7) is 1.90. The van der Waals surface area contributed by atoms with Crippen LogP contribution < -0.4 is 10.5 Å². The third kappa shape index (κ3) is 3.42.